The summed E-state index contributed by atoms with van der Waals surface area (Å²) in [7, 11) is 3.19. The van der Waals surface area contributed by atoms with E-state index in [9.17, 15) is 4.79 Å². The summed E-state index contributed by atoms with van der Waals surface area (Å²) in [6, 6.07) is 14.3. The maximum absolute atomic E-state index is 12.3. The van der Waals surface area contributed by atoms with Gasteiger partial charge in [-0.1, -0.05) is 12.1 Å². The van der Waals surface area contributed by atoms with Crippen molar-refractivity contribution in [3.63, 3.8) is 0 Å². The number of anilines is 2. The number of amides is 1. The fraction of sp³-hybridized carbons (Fsp3) is 0.235. The third-order valence-electron chi connectivity index (χ3n) is 3.23. The molecule has 116 valence electrons. The molecule has 0 aliphatic heterocycles. The number of hydrogen-bond acceptors (Lipinski definition) is 4. The largest absolute Gasteiger partial charge is 0.497 e. The summed E-state index contributed by atoms with van der Waals surface area (Å²) >= 11 is 0. The first kappa shape index (κ1) is 15.7. The molecule has 2 N–H and O–H groups in total. The average molecular weight is 300 g/mol. The molecule has 22 heavy (non-hydrogen) atoms. The van der Waals surface area contributed by atoms with E-state index in [0.717, 1.165) is 11.4 Å². The van der Waals surface area contributed by atoms with Gasteiger partial charge in [0.15, 0.2) is 0 Å². The van der Waals surface area contributed by atoms with Crippen LogP contribution in [0.5, 0.6) is 11.5 Å². The van der Waals surface area contributed by atoms with Crippen molar-refractivity contribution in [1.82, 2.24) is 0 Å². The number of para-hydroxylation sites is 2. The molecule has 5 nitrogen and oxygen atoms in total. The van der Waals surface area contributed by atoms with E-state index >= 15 is 0 Å². The number of hydrogen-bond donors (Lipinski definition) is 2. The second kappa shape index (κ2) is 7.36. The molecular formula is C17H20N2O3. The lowest BCUT2D eigenvalue weighted by atomic mass is 10.2. The van der Waals surface area contributed by atoms with Crippen LogP contribution in [0.1, 0.15) is 6.92 Å². The summed E-state index contributed by atoms with van der Waals surface area (Å²) in [5.74, 6) is 1.27. The summed E-state index contributed by atoms with van der Waals surface area (Å²) in [5.41, 5.74) is 1.50. The van der Waals surface area contributed by atoms with Gasteiger partial charge >= 0.3 is 0 Å². The van der Waals surface area contributed by atoms with Crippen LogP contribution < -0.4 is 20.1 Å². The number of methoxy groups -OCH3 is 2. The van der Waals surface area contributed by atoms with Crippen molar-refractivity contribution in [2.45, 2.75) is 13.0 Å². The van der Waals surface area contributed by atoms with E-state index in [1.165, 1.54) is 0 Å². The van der Waals surface area contributed by atoms with Crippen molar-refractivity contribution in [2.24, 2.45) is 0 Å². The zero-order valence-electron chi connectivity index (χ0n) is 12.9. The van der Waals surface area contributed by atoms with Gasteiger partial charge in [-0.2, -0.15) is 0 Å². The molecule has 0 aliphatic carbocycles. The SMILES string of the molecule is COc1ccc(N[C@@H](C)C(=O)Nc2ccccc2OC)cc1. The Morgan fingerprint density at radius 1 is 1.00 bits per heavy atom. The third kappa shape index (κ3) is 3.91. The van der Waals surface area contributed by atoms with Gasteiger partial charge in [-0.15, -0.1) is 0 Å². The Hall–Kier alpha value is -2.69. The van der Waals surface area contributed by atoms with E-state index in [-0.39, 0.29) is 5.91 Å². The van der Waals surface area contributed by atoms with Gasteiger partial charge in [0.2, 0.25) is 5.91 Å². The molecular weight excluding hydrogens is 280 g/mol. The van der Waals surface area contributed by atoms with Gasteiger partial charge in [0.1, 0.15) is 17.5 Å². The highest BCUT2D eigenvalue weighted by Crippen LogP contribution is 2.23. The molecule has 0 aliphatic rings. The minimum Gasteiger partial charge on any atom is -0.497 e. The molecule has 0 unspecified atom stereocenters. The van der Waals surface area contributed by atoms with E-state index in [1.54, 1.807) is 33.3 Å². The number of carbonyl (C=O) groups is 1. The van der Waals surface area contributed by atoms with Gasteiger partial charge in [0, 0.05) is 5.69 Å². The molecule has 0 saturated heterocycles. The van der Waals surface area contributed by atoms with Crippen molar-refractivity contribution in [3.8, 4) is 11.5 Å². The first-order valence-electron chi connectivity index (χ1n) is 6.98. The van der Waals surface area contributed by atoms with Crippen molar-refractivity contribution in [1.29, 1.82) is 0 Å². The first-order chi connectivity index (χ1) is 10.6. The summed E-state index contributed by atoms with van der Waals surface area (Å²) in [4.78, 5) is 12.3. The lowest BCUT2D eigenvalue weighted by Gasteiger charge is -2.16. The summed E-state index contributed by atoms with van der Waals surface area (Å²) in [5, 5.41) is 6.00. The predicted molar refractivity (Wildman–Crippen MR) is 87.7 cm³/mol. The molecule has 0 aromatic heterocycles. The highest BCUT2D eigenvalue weighted by atomic mass is 16.5. The van der Waals surface area contributed by atoms with Crippen LogP contribution in [-0.2, 0) is 4.79 Å². The van der Waals surface area contributed by atoms with Crippen molar-refractivity contribution >= 4 is 17.3 Å². The van der Waals surface area contributed by atoms with Crippen LogP contribution in [-0.4, -0.2) is 26.2 Å². The lowest BCUT2D eigenvalue weighted by Crippen LogP contribution is -2.31. The number of ether oxygens (including phenoxy) is 2. The minimum absolute atomic E-state index is 0.139. The van der Waals surface area contributed by atoms with Crippen LogP contribution in [0.2, 0.25) is 0 Å². The van der Waals surface area contributed by atoms with Crippen LogP contribution in [0.15, 0.2) is 48.5 Å². The van der Waals surface area contributed by atoms with Crippen LogP contribution in [0.3, 0.4) is 0 Å². The average Bonchev–Trinajstić information content (AvgIpc) is 2.56. The summed E-state index contributed by atoms with van der Waals surface area (Å²) < 4.78 is 10.3. The van der Waals surface area contributed by atoms with Gasteiger partial charge < -0.3 is 20.1 Å². The Bertz CT molecular complexity index is 626. The maximum Gasteiger partial charge on any atom is 0.246 e. The Morgan fingerprint density at radius 2 is 1.68 bits per heavy atom. The van der Waals surface area contributed by atoms with Crippen molar-refractivity contribution < 1.29 is 14.3 Å². The third-order valence-corrected chi connectivity index (χ3v) is 3.23. The molecule has 0 fully saturated rings. The van der Waals surface area contributed by atoms with Gasteiger partial charge in [0.05, 0.1) is 19.9 Å². The molecule has 1 amide bonds. The van der Waals surface area contributed by atoms with Crippen LogP contribution in [0, 0.1) is 0 Å². The summed E-state index contributed by atoms with van der Waals surface area (Å²) in [6.07, 6.45) is 0. The Kier molecular flexibility index (Phi) is 5.25. The molecule has 0 spiro atoms. The van der Waals surface area contributed by atoms with E-state index in [2.05, 4.69) is 10.6 Å². The smallest absolute Gasteiger partial charge is 0.246 e. The lowest BCUT2D eigenvalue weighted by molar-refractivity contribution is -0.116. The van der Waals surface area contributed by atoms with Gasteiger partial charge in [0.25, 0.3) is 0 Å². The molecule has 0 saturated carbocycles. The van der Waals surface area contributed by atoms with Crippen molar-refractivity contribution in [3.05, 3.63) is 48.5 Å². The summed E-state index contributed by atoms with van der Waals surface area (Å²) in [6.45, 7) is 1.80. The fourth-order valence-electron chi connectivity index (χ4n) is 1.99. The van der Waals surface area contributed by atoms with Crippen LogP contribution in [0.25, 0.3) is 0 Å². The second-order valence-corrected chi connectivity index (χ2v) is 4.78. The first-order valence-corrected chi connectivity index (χ1v) is 6.98. The van der Waals surface area contributed by atoms with Gasteiger partial charge in [-0.05, 0) is 43.3 Å². The number of nitrogens with one attached hydrogen (secondary N) is 2. The Balaban J connectivity index is 1.99. The molecule has 2 aromatic carbocycles. The molecule has 5 heteroatoms. The highest BCUT2D eigenvalue weighted by Gasteiger charge is 2.14. The minimum atomic E-state index is -0.390. The number of rotatable bonds is 6. The fourth-order valence-corrected chi connectivity index (χ4v) is 1.99. The highest BCUT2D eigenvalue weighted by molar-refractivity contribution is 5.97. The van der Waals surface area contributed by atoms with E-state index in [1.807, 2.05) is 36.4 Å². The van der Waals surface area contributed by atoms with Crippen molar-refractivity contribution in [2.75, 3.05) is 24.9 Å². The zero-order valence-corrected chi connectivity index (χ0v) is 12.9. The van der Waals surface area contributed by atoms with Gasteiger partial charge in [-0.25, -0.2) is 0 Å². The zero-order chi connectivity index (χ0) is 15.9. The quantitative estimate of drug-likeness (QED) is 0.860. The number of benzene rings is 2. The van der Waals surface area contributed by atoms with E-state index < -0.39 is 6.04 Å². The monoisotopic (exact) mass is 300 g/mol. The van der Waals surface area contributed by atoms with Crippen LogP contribution >= 0.6 is 0 Å². The maximum atomic E-state index is 12.3. The predicted octanol–water partition coefficient (Wildman–Crippen LogP) is 3.14. The molecule has 2 aromatic rings. The standard InChI is InChI=1S/C17H20N2O3/c1-12(18-13-8-10-14(21-2)11-9-13)17(20)19-15-6-4-5-7-16(15)22-3/h4-12,18H,1-3H3,(H,19,20)/t12-/m0/s1. The molecule has 0 bridgehead atoms. The topological polar surface area (TPSA) is 59.6 Å². The van der Waals surface area contributed by atoms with E-state index in [4.69, 9.17) is 9.47 Å². The molecule has 1 atom stereocenters. The molecule has 0 radical (unpaired) electrons. The van der Waals surface area contributed by atoms with Gasteiger partial charge in [-0.3, -0.25) is 4.79 Å². The Labute approximate surface area is 130 Å². The number of carbonyl (C=O) groups excluding carboxylic acids is 1. The van der Waals surface area contributed by atoms with E-state index in [0.29, 0.717) is 11.4 Å². The van der Waals surface area contributed by atoms with Crippen LogP contribution in [0.4, 0.5) is 11.4 Å². The Morgan fingerprint density at radius 3 is 2.32 bits per heavy atom. The normalized spacial score (nSPS) is 11.4. The molecule has 0 heterocycles. The second-order valence-electron chi connectivity index (χ2n) is 4.78. The molecule has 2 rings (SSSR count).